The Morgan fingerprint density at radius 1 is 1.03 bits per heavy atom. The Balaban J connectivity index is 1.20. The first kappa shape index (κ1) is 26.0. The molecule has 1 aromatic heterocycles. The highest BCUT2D eigenvalue weighted by Gasteiger charge is 2.25. The number of amides is 2. The lowest BCUT2D eigenvalue weighted by Crippen LogP contribution is -2.44. The van der Waals surface area contributed by atoms with Crippen molar-refractivity contribution in [2.75, 3.05) is 58.1 Å². The molecule has 0 bridgehead atoms. The Hall–Kier alpha value is -4.60. The number of hydrogen-bond donors (Lipinski definition) is 0. The van der Waals surface area contributed by atoms with Gasteiger partial charge in [-0.3, -0.25) is 9.59 Å². The topological polar surface area (TPSA) is 97.3 Å². The van der Waals surface area contributed by atoms with E-state index in [9.17, 15) is 9.59 Å². The van der Waals surface area contributed by atoms with E-state index in [1.54, 1.807) is 36.3 Å². The van der Waals surface area contributed by atoms with Gasteiger partial charge in [0.1, 0.15) is 12.3 Å². The number of aromatic nitrogens is 2. The Morgan fingerprint density at radius 3 is 2.69 bits per heavy atom. The molecule has 1 saturated heterocycles. The molecular formula is C29H31N5O5. The Kier molecular flexibility index (Phi) is 7.91. The smallest absolute Gasteiger partial charge is 0.254 e. The van der Waals surface area contributed by atoms with Crippen molar-refractivity contribution in [3.63, 3.8) is 0 Å². The molecule has 3 aromatic rings. The Morgan fingerprint density at radius 2 is 1.90 bits per heavy atom. The minimum Gasteiger partial charge on any atom is -0.497 e. The summed E-state index contributed by atoms with van der Waals surface area (Å²) < 4.78 is 16.0. The Bertz CT molecular complexity index is 1350. The van der Waals surface area contributed by atoms with Gasteiger partial charge in [0.25, 0.3) is 5.91 Å². The summed E-state index contributed by atoms with van der Waals surface area (Å²) in [4.78, 5) is 31.9. The van der Waals surface area contributed by atoms with Crippen molar-refractivity contribution in [2.24, 2.45) is 0 Å². The van der Waals surface area contributed by atoms with E-state index >= 15 is 0 Å². The quantitative estimate of drug-likeness (QED) is 0.411. The SMILES string of the molecule is C=CCN(CC(=O)N1CCCN(c2ccc(-c3cccc(OC)c3)nn2)CC1)C(=O)c1ccc2c(c1)OCO2. The highest BCUT2D eigenvalue weighted by Crippen LogP contribution is 2.33. The van der Waals surface area contributed by atoms with Crippen molar-refractivity contribution in [2.45, 2.75) is 6.42 Å². The lowest BCUT2D eigenvalue weighted by atomic mass is 10.1. The summed E-state index contributed by atoms with van der Waals surface area (Å²) >= 11 is 0. The molecule has 10 nitrogen and oxygen atoms in total. The molecule has 0 unspecified atom stereocenters. The zero-order valence-corrected chi connectivity index (χ0v) is 21.9. The zero-order valence-electron chi connectivity index (χ0n) is 21.9. The van der Waals surface area contributed by atoms with Crippen LogP contribution in [-0.2, 0) is 4.79 Å². The Labute approximate surface area is 227 Å². The number of anilines is 1. The molecule has 3 heterocycles. The van der Waals surface area contributed by atoms with Crippen molar-refractivity contribution in [1.82, 2.24) is 20.0 Å². The molecular weight excluding hydrogens is 498 g/mol. The third kappa shape index (κ3) is 5.95. The van der Waals surface area contributed by atoms with E-state index in [1.807, 2.05) is 36.4 Å². The first-order valence-corrected chi connectivity index (χ1v) is 12.9. The van der Waals surface area contributed by atoms with Crippen molar-refractivity contribution in [3.05, 3.63) is 72.8 Å². The summed E-state index contributed by atoms with van der Waals surface area (Å²) in [6.45, 7) is 6.62. The van der Waals surface area contributed by atoms with Crippen LogP contribution in [-0.4, -0.2) is 85.0 Å². The number of benzene rings is 2. The molecule has 2 aliphatic heterocycles. The van der Waals surface area contributed by atoms with Gasteiger partial charge in [0, 0.05) is 43.9 Å². The van der Waals surface area contributed by atoms with Gasteiger partial charge in [0.05, 0.1) is 12.8 Å². The molecule has 0 aliphatic carbocycles. The molecule has 1 fully saturated rings. The largest absolute Gasteiger partial charge is 0.497 e. The summed E-state index contributed by atoms with van der Waals surface area (Å²) in [6.07, 6.45) is 2.40. The molecule has 0 N–H and O–H groups in total. The highest BCUT2D eigenvalue weighted by molar-refractivity contribution is 5.97. The van der Waals surface area contributed by atoms with Crippen LogP contribution in [0.15, 0.2) is 67.3 Å². The number of hydrogen-bond acceptors (Lipinski definition) is 8. The normalized spacial score (nSPS) is 14.5. The van der Waals surface area contributed by atoms with Crippen LogP contribution < -0.4 is 19.1 Å². The van der Waals surface area contributed by atoms with Crippen LogP contribution in [0, 0.1) is 0 Å². The van der Waals surface area contributed by atoms with Crippen LogP contribution in [0.1, 0.15) is 16.8 Å². The van der Waals surface area contributed by atoms with Crippen LogP contribution in [0.25, 0.3) is 11.3 Å². The number of methoxy groups -OCH3 is 1. The maximum atomic E-state index is 13.3. The second kappa shape index (κ2) is 11.8. The average molecular weight is 530 g/mol. The molecule has 0 spiro atoms. The minimum absolute atomic E-state index is 0.0334. The van der Waals surface area contributed by atoms with Gasteiger partial charge in [0.2, 0.25) is 12.7 Å². The molecule has 202 valence electrons. The van der Waals surface area contributed by atoms with Crippen molar-refractivity contribution < 1.29 is 23.8 Å². The third-order valence-corrected chi connectivity index (χ3v) is 6.77. The summed E-state index contributed by atoms with van der Waals surface area (Å²) in [7, 11) is 1.63. The first-order valence-electron chi connectivity index (χ1n) is 12.9. The zero-order chi connectivity index (χ0) is 27.2. The molecule has 2 aromatic carbocycles. The maximum absolute atomic E-state index is 13.3. The fourth-order valence-corrected chi connectivity index (χ4v) is 4.68. The number of rotatable bonds is 8. The summed E-state index contributed by atoms with van der Waals surface area (Å²) in [5.74, 6) is 2.29. The summed E-state index contributed by atoms with van der Waals surface area (Å²) in [5, 5.41) is 8.86. The molecule has 0 atom stereocenters. The maximum Gasteiger partial charge on any atom is 0.254 e. The van der Waals surface area contributed by atoms with Gasteiger partial charge in [-0.05, 0) is 48.9 Å². The highest BCUT2D eigenvalue weighted by atomic mass is 16.7. The molecule has 10 heteroatoms. The number of nitrogens with zero attached hydrogens (tertiary/aromatic N) is 5. The van der Waals surface area contributed by atoms with Crippen molar-refractivity contribution in [3.8, 4) is 28.5 Å². The van der Waals surface area contributed by atoms with E-state index in [-0.39, 0.29) is 31.7 Å². The lowest BCUT2D eigenvalue weighted by Gasteiger charge is -2.26. The van der Waals surface area contributed by atoms with Gasteiger partial charge in [-0.25, -0.2) is 0 Å². The van der Waals surface area contributed by atoms with Gasteiger partial charge in [-0.15, -0.1) is 16.8 Å². The van der Waals surface area contributed by atoms with Gasteiger partial charge < -0.3 is 28.9 Å². The molecule has 2 amide bonds. The first-order chi connectivity index (χ1) is 19.1. The van der Waals surface area contributed by atoms with Gasteiger partial charge in [-0.2, -0.15) is 0 Å². The summed E-state index contributed by atoms with van der Waals surface area (Å²) in [6, 6.07) is 16.6. The number of ether oxygens (including phenoxy) is 3. The molecule has 5 rings (SSSR count). The van der Waals surface area contributed by atoms with Crippen LogP contribution >= 0.6 is 0 Å². The van der Waals surface area contributed by atoms with Crippen LogP contribution in [0.4, 0.5) is 5.82 Å². The van der Waals surface area contributed by atoms with Gasteiger partial charge in [0.15, 0.2) is 17.3 Å². The predicted octanol–water partition coefficient (Wildman–Crippen LogP) is 3.25. The van der Waals surface area contributed by atoms with Gasteiger partial charge >= 0.3 is 0 Å². The van der Waals surface area contributed by atoms with E-state index < -0.39 is 0 Å². The second-order valence-electron chi connectivity index (χ2n) is 9.27. The lowest BCUT2D eigenvalue weighted by molar-refractivity contribution is -0.131. The second-order valence-corrected chi connectivity index (χ2v) is 9.27. The average Bonchev–Trinajstić information content (AvgIpc) is 3.31. The van der Waals surface area contributed by atoms with E-state index in [1.165, 1.54) is 4.90 Å². The molecule has 39 heavy (non-hydrogen) atoms. The molecule has 0 saturated carbocycles. The standard InChI is InChI=1S/C29H31N5O5/c1-3-12-34(29(36)22-8-10-25-26(18-22)39-20-38-25)19-28(35)33-14-5-13-32(15-16-33)27-11-9-24(30-31-27)21-6-4-7-23(17-21)37-2/h3-4,6-11,17-18H,1,5,12-16,19-20H2,2H3. The van der Waals surface area contributed by atoms with E-state index in [4.69, 9.17) is 14.2 Å². The number of fused-ring (bicyclic) bond motifs is 1. The van der Waals surface area contributed by atoms with E-state index in [0.29, 0.717) is 36.7 Å². The number of carbonyl (C=O) groups is 2. The van der Waals surface area contributed by atoms with Crippen LogP contribution in [0.2, 0.25) is 0 Å². The fourth-order valence-electron chi connectivity index (χ4n) is 4.68. The summed E-state index contributed by atoms with van der Waals surface area (Å²) in [5.41, 5.74) is 2.13. The fraction of sp³-hybridized carbons (Fsp3) is 0.310. The predicted molar refractivity (Wildman–Crippen MR) is 146 cm³/mol. The third-order valence-electron chi connectivity index (χ3n) is 6.77. The van der Waals surface area contributed by atoms with Crippen molar-refractivity contribution in [1.29, 1.82) is 0 Å². The van der Waals surface area contributed by atoms with Crippen LogP contribution in [0.5, 0.6) is 17.2 Å². The molecule has 2 aliphatic rings. The van der Waals surface area contributed by atoms with Gasteiger partial charge in [-0.1, -0.05) is 18.2 Å². The van der Waals surface area contributed by atoms with Crippen LogP contribution in [0.3, 0.4) is 0 Å². The van der Waals surface area contributed by atoms with E-state index in [0.717, 1.165) is 35.8 Å². The minimum atomic E-state index is -0.260. The van der Waals surface area contributed by atoms with Crippen molar-refractivity contribution >= 4 is 17.6 Å². The number of carbonyl (C=O) groups excluding carboxylic acids is 2. The molecule has 0 radical (unpaired) electrons. The van der Waals surface area contributed by atoms with E-state index in [2.05, 4.69) is 21.7 Å². The monoisotopic (exact) mass is 529 g/mol.